The van der Waals surface area contributed by atoms with Gasteiger partial charge in [-0.1, -0.05) is 102 Å². The number of carbonyl (C=O) groups is 1. The van der Waals surface area contributed by atoms with Gasteiger partial charge in [-0.3, -0.25) is 9.69 Å². The van der Waals surface area contributed by atoms with Gasteiger partial charge in [-0.25, -0.2) is 0 Å². The van der Waals surface area contributed by atoms with Gasteiger partial charge in [0, 0.05) is 29.2 Å². The van der Waals surface area contributed by atoms with Gasteiger partial charge in [0.1, 0.15) is 4.32 Å². The molecule has 3 aromatic carbocycles. The van der Waals surface area contributed by atoms with E-state index in [0.717, 1.165) is 28.6 Å². The molecule has 0 N–H and O–H groups in total. The molecule has 1 fully saturated rings. The van der Waals surface area contributed by atoms with E-state index in [1.54, 1.807) is 4.90 Å². The van der Waals surface area contributed by atoms with Crippen molar-refractivity contribution in [2.45, 2.75) is 20.0 Å². The Kier molecular flexibility index (Phi) is 5.68. The highest BCUT2D eigenvalue weighted by molar-refractivity contribution is 8.26. The lowest BCUT2D eigenvalue weighted by Crippen LogP contribution is -2.27. The number of thioether (sulfide) groups is 1. The molecule has 3 nitrogen and oxygen atoms in total. The van der Waals surface area contributed by atoms with Crippen molar-refractivity contribution >= 4 is 51.2 Å². The third-order valence-corrected chi connectivity index (χ3v) is 7.01. The van der Waals surface area contributed by atoms with Crippen LogP contribution < -0.4 is 0 Å². The topological polar surface area (TPSA) is 25.2 Å². The number of rotatable bonds is 5. The van der Waals surface area contributed by atoms with Gasteiger partial charge in [0.15, 0.2) is 0 Å². The van der Waals surface area contributed by atoms with Crippen LogP contribution in [0.25, 0.3) is 17.0 Å². The summed E-state index contributed by atoms with van der Waals surface area (Å²) in [6.45, 7) is 3.38. The molecule has 1 aliphatic heterocycles. The summed E-state index contributed by atoms with van der Waals surface area (Å²) >= 11 is 6.91. The minimum atomic E-state index is -0.0285. The average molecular weight is 455 g/mol. The van der Waals surface area contributed by atoms with Crippen molar-refractivity contribution < 1.29 is 4.79 Å². The molecule has 1 aromatic heterocycles. The summed E-state index contributed by atoms with van der Waals surface area (Å²) in [5.41, 5.74) is 5.76. The van der Waals surface area contributed by atoms with Gasteiger partial charge in [-0.05, 0) is 30.2 Å². The molecule has 1 amide bonds. The maximum atomic E-state index is 13.1. The van der Waals surface area contributed by atoms with E-state index < -0.39 is 0 Å². The predicted molar refractivity (Wildman–Crippen MR) is 137 cm³/mol. The number of nitrogens with zero attached hydrogens (tertiary/aromatic N) is 2. The zero-order valence-corrected chi connectivity index (χ0v) is 19.3. The van der Waals surface area contributed by atoms with Crippen molar-refractivity contribution in [3.05, 3.63) is 112 Å². The number of fused-ring (bicyclic) bond motifs is 1. The summed E-state index contributed by atoms with van der Waals surface area (Å²) in [7, 11) is 0. The Hall–Kier alpha value is -3.15. The molecule has 5 rings (SSSR count). The van der Waals surface area contributed by atoms with Crippen molar-refractivity contribution in [3.63, 3.8) is 0 Å². The first kappa shape index (κ1) is 20.7. The molecule has 158 valence electrons. The van der Waals surface area contributed by atoms with Gasteiger partial charge in [-0.2, -0.15) is 0 Å². The first-order valence-electron chi connectivity index (χ1n) is 10.5. The molecular weight excluding hydrogens is 432 g/mol. The number of aromatic nitrogens is 1. The first-order chi connectivity index (χ1) is 15.6. The number of carbonyl (C=O) groups excluding carboxylic acids is 1. The predicted octanol–water partition coefficient (Wildman–Crippen LogP) is 6.40. The first-order valence-corrected chi connectivity index (χ1v) is 11.7. The number of amides is 1. The summed E-state index contributed by atoms with van der Waals surface area (Å²) in [4.78, 5) is 15.5. The smallest absolute Gasteiger partial charge is 0.266 e. The van der Waals surface area contributed by atoms with Crippen LogP contribution >= 0.6 is 24.0 Å². The van der Waals surface area contributed by atoms with Crippen LogP contribution in [0.15, 0.2) is 90.0 Å². The molecule has 0 bridgehead atoms. The van der Waals surface area contributed by atoms with E-state index in [-0.39, 0.29) is 5.91 Å². The van der Waals surface area contributed by atoms with Gasteiger partial charge in [0.05, 0.1) is 11.4 Å². The zero-order chi connectivity index (χ0) is 22.1. The molecule has 4 aromatic rings. The zero-order valence-electron chi connectivity index (χ0n) is 17.7. The van der Waals surface area contributed by atoms with Crippen molar-refractivity contribution in [1.29, 1.82) is 0 Å². The third-order valence-electron chi connectivity index (χ3n) is 5.64. The highest BCUT2D eigenvalue weighted by atomic mass is 32.2. The molecule has 0 saturated carbocycles. The molecule has 2 heterocycles. The van der Waals surface area contributed by atoms with Gasteiger partial charge < -0.3 is 4.57 Å². The highest BCUT2D eigenvalue weighted by Gasteiger charge is 2.32. The minimum Gasteiger partial charge on any atom is -0.342 e. The SMILES string of the molecule is Cc1ccc(Cn2cc(/C=C3/SC(=S)N(Cc4ccccc4)C3=O)c3ccccc32)cc1. The molecule has 0 unspecified atom stereocenters. The van der Waals surface area contributed by atoms with E-state index in [2.05, 4.69) is 60.2 Å². The Balaban J connectivity index is 1.46. The Labute approximate surface area is 197 Å². The average Bonchev–Trinajstić information content (AvgIpc) is 3.28. The van der Waals surface area contributed by atoms with Crippen LogP contribution in [-0.2, 0) is 17.9 Å². The second-order valence-corrected chi connectivity index (χ2v) is 9.64. The van der Waals surface area contributed by atoms with Crippen LogP contribution in [0.2, 0.25) is 0 Å². The third kappa shape index (κ3) is 4.14. The van der Waals surface area contributed by atoms with E-state index in [9.17, 15) is 4.79 Å². The number of thiocarbonyl (C=S) groups is 1. The van der Waals surface area contributed by atoms with E-state index >= 15 is 0 Å². The van der Waals surface area contributed by atoms with E-state index in [4.69, 9.17) is 12.2 Å². The summed E-state index contributed by atoms with van der Waals surface area (Å²) in [5, 5.41) is 1.13. The van der Waals surface area contributed by atoms with Crippen LogP contribution in [0.1, 0.15) is 22.3 Å². The molecule has 0 radical (unpaired) electrons. The Morgan fingerprint density at radius 3 is 2.34 bits per heavy atom. The fourth-order valence-corrected chi connectivity index (χ4v) is 5.20. The largest absolute Gasteiger partial charge is 0.342 e. The van der Waals surface area contributed by atoms with Crippen LogP contribution in [0.4, 0.5) is 0 Å². The summed E-state index contributed by atoms with van der Waals surface area (Å²) < 4.78 is 2.85. The lowest BCUT2D eigenvalue weighted by atomic mass is 10.1. The van der Waals surface area contributed by atoms with Gasteiger partial charge in [0.2, 0.25) is 0 Å². The number of hydrogen-bond acceptors (Lipinski definition) is 3. The minimum absolute atomic E-state index is 0.0285. The molecule has 0 aliphatic carbocycles. The maximum absolute atomic E-state index is 13.1. The normalized spacial score (nSPS) is 15.3. The fraction of sp³-hybridized carbons (Fsp3) is 0.111. The van der Waals surface area contributed by atoms with E-state index in [0.29, 0.717) is 15.8 Å². The van der Waals surface area contributed by atoms with E-state index in [1.807, 2.05) is 42.5 Å². The molecule has 0 spiro atoms. The molecule has 1 saturated heterocycles. The molecule has 32 heavy (non-hydrogen) atoms. The number of para-hydroxylation sites is 1. The summed E-state index contributed by atoms with van der Waals surface area (Å²) in [6.07, 6.45) is 4.12. The van der Waals surface area contributed by atoms with E-state index in [1.165, 1.54) is 22.9 Å². The quantitative estimate of drug-likeness (QED) is 0.258. The standard InChI is InChI=1S/C27H22N2OS2/c1-19-11-13-21(14-12-19)16-28-18-22(23-9-5-6-10-24(23)28)15-25-26(30)29(27(31)32-25)17-20-7-3-2-4-8-20/h2-15,18H,16-17H2,1H3/b25-15+. The molecular formula is C27H22N2OS2. The molecule has 0 atom stereocenters. The van der Waals surface area contributed by atoms with Crippen LogP contribution in [0, 0.1) is 6.92 Å². The van der Waals surface area contributed by atoms with Crippen molar-refractivity contribution in [2.75, 3.05) is 0 Å². The van der Waals surface area contributed by atoms with Gasteiger partial charge in [0.25, 0.3) is 5.91 Å². The lowest BCUT2D eigenvalue weighted by molar-refractivity contribution is -0.122. The second kappa shape index (κ2) is 8.77. The van der Waals surface area contributed by atoms with Gasteiger partial charge >= 0.3 is 0 Å². The summed E-state index contributed by atoms with van der Waals surface area (Å²) in [5.74, 6) is -0.0285. The Morgan fingerprint density at radius 1 is 0.875 bits per heavy atom. The van der Waals surface area contributed by atoms with Gasteiger partial charge in [-0.15, -0.1) is 0 Å². The maximum Gasteiger partial charge on any atom is 0.266 e. The second-order valence-electron chi connectivity index (χ2n) is 7.97. The Bertz CT molecular complexity index is 1340. The number of hydrogen-bond donors (Lipinski definition) is 0. The van der Waals surface area contributed by atoms with Crippen LogP contribution in [0.3, 0.4) is 0 Å². The van der Waals surface area contributed by atoms with Crippen molar-refractivity contribution in [2.24, 2.45) is 0 Å². The highest BCUT2D eigenvalue weighted by Crippen LogP contribution is 2.35. The molecule has 5 heteroatoms. The lowest BCUT2D eigenvalue weighted by Gasteiger charge is -2.14. The fourth-order valence-electron chi connectivity index (χ4n) is 3.95. The van der Waals surface area contributed by atoms with Crippen LogP contribution in [-0.4, -0.2) is 19.7 Å². The Morgan fingerprint density at radius 2 is 1.56 bits per heavy atom. The summed E-state index contributed by atoms with van der Waals surface area (Å²) in [6, 6.07) is 26.9. The van der Waals surface area contributed by atoms with Crippen molar-refractivity contribution in [1.82, 2.24) is 9.47 Å². The monoisotopic (exact) mass is 454 g/mol. The van der Waals surface area contributed by atoms with Crippen molar-refractivity contribution in [3.8, 4) is 0 Å². The number of aryl methyl sites for hydroxylation is 1. The number of benzene rings is 3. The van der Waals surface area contributed by atoms with Crippen LogP contribution in [0.5, 0.6) is 0 Å². The molecule has 1 aliphatic rings.